The Balaban J connectivity index is 4.24. The molecule has 2 N–H and O–H groups in total. The predicted octanol–water partition coefficient (Wildman–Crippen LogP) is 1.77. The Hall–Kier alpha value is -0.400. The highest BCUT2D eigenvalue weighted by atomic mass is 33.1. The maximum atomic E-state index is 11.7. The van der Waals surface area contributed by atoms with Crippen molar-refractivity contribution in [2.75, 3.05) is 18.1 Å². The number of hydrogen-bond acceptors (Lipinski definition) is 6. The van der Waals surface area contributed by atoms with Gasteiger partial charge in [0, 0.05) is 11.5 Å². The fraction of sp³-hybridized carbons (Fsp3) is 0.818. The molecule has 0 aromatic rings. The van der Waals surface area contributed by atoms with Crippen LogP contribution in [0.25, 0.3) is 0 Å². The van der Waals surface area contributed by atoms with Gasteiger partial charge in [-0.1, -0.05) is 28.5 Å². The van der Waals surface area contributed by atoms with Crippen LogP contribution in [0.2, 0.25) is 0 Å². The molecule has 1 unspecified atom stereocenters. The van der Waals surface area contributed by atoms with Gasteiger partial charge in [-0.15, -0.1) is 0 Å². The molecule has 0 fully saturated rings. The van der Waals surface area contributed by atoms with Gasteiger partial charge in [0.15, 0.2) is 0 Å². The molecule has 0 bridgehead atoms. The van der Waals surface area contributed by atoms with Crippen molar-refractivity contribution >= 4 is 33.5 Å². The Morgan fingerprint density at radius 3 is 2.50 bits per heavy atom. The fourth-order valence-electron chi connectivity index (χ4n) is 1.06. The van der Waals surface area contributed by atoms with Crippen LogP contribution in [-0.2, 0) is 14.3 Å². The lowest BCUT2D eigenvalue weighted by Crippen LogP contribution is -2.47. The number of ether oxygens (including phenoxy) is 1. The number of carboxylic acid groups (broad SMARTS) is 1. The molecule has 0 amide bonds. The minimum absolute atomic E-state index is 0.297. The molecule has 0 aliphatic carbocycles. The number of hydrogen-bond donors (Lipinski definition) is 2. The molecule has 106 valence electrons. The van der Waals surface area contributed by atoms with E-state index in [1.807, 2.05) is 0 Å². The van der Waals surface area contributed by atoms with E-state index in [0.29, 0.717) is 12.4 Å². The van der Waals surface area contributed by atoms with Crippen molar-refractivity contribution in [2.24, 2.45) is 0 Å². The number of carboxylic acids is 1. The summed E-state index contributed by atoms with van der Waals surface area (Å²) in [6.07, 6.45) is 1.07. The summed E-state index contributed by atoms with van der Waals surface area (Å²) < 4.78 is 4.92. The van der Waals surface area contributed by atoms with E-state index in [-0.39, 0.29) is 0 Å². The quantitative estimate of drug-likeness (QED) is 0.361. The molecule has 7 heteroatoms. The smallest absolute Gasteiger partial charge is 0.324 e. The molecule has 0 aliphatic rings. The van der Waals surface area contributed by atoms with Crippen LogP contribution < -0.4 is 5.32 Å². The predicted molar refractivity (Wildman–Crippen MR) is 75.9 cm³/mol. The average molecular weight is 295 g/mol. The molecule has 0 radical (unpaired) electrons. The minimum Gasteiger partial charge on any atom is -0.480 e. The molecule has 0 rings (SSSR count). The van der Waals surface area contributed by atoms with E-state index in [0.717, 1.165) is 12.2 Å². The standard InChI is InChI=1S/C11H21NO4S2/c1-4-6-17-18-7-9(11(15)16-5-2)12-8(3)10(13)14/h8-9,12H,4-7H2,1-3H3,(H,13,14)/t8?,9-/m0/s1. The summed E-state index contributed by atoms with van der Waals surface area (Å²) in [5, 5.41) is 11.6. The van der Waals surface area contributed by atoms with E-state index in [1.54, 1.807) is 28.5 Å². The van der Waals surface area contributed by atoms with Crippen LogP contribution >= 0.6 is 21.6 Å². The van der Waals surface area contributed by atoms with E-state index in [2.05, 4.69) is 12.2 Å². The number of esters is 1. The van der Waals surface area contributed by atoms with Gasteiger partial charge in [0.05, 0.1) is 6.61 Å². The van der Waals surface area contributed by atoms with Crippen molar-refractivity contribution in [2.45, 2.75) is 39.3 Å². The summed E-state index contributed by atoms with van der Waals surface area (Å²) in [5.41, 5.74) is 0. The van der Waals surface area contributed by atoms with Crippen LogP contribution in [0.5, 0.6) is 0 Å². The van der Waals surface area contributed by atoms with E-state index >= 15 is 0 Å². The topological polar surface area (TPSA) is 75.6 Å². The molecule has 0 aromatic carbocycles. The van der Waals surface area contributed by atoms with Crippen molar-refractivity contribution in [3.63, 3.8) is 0 Å². The molecule has 5 nitrogen and oxygen atoms in total. The van der Waals surface area contributed by atoms with E-state index in [4.69, 9.17) is 9.84 Å². The van der Waals surface area contributed by atoms with Gasteiger partial charge < -0.3 is 9.84 Å². The molecule has 18 heavy (non-hydrogen) atoms. The first-order chi connectivity index (χ1) is 8.52. The fourth-order valence-corrected chi connectivity index (χ4v) is 3.36. The van der Waals surface area contributed by atoms with Crippen LogP contribution in [0.15, 0.2) is 0 Å². The summed E-state index contributed by atoms with van der Waals surface area (Å²) in [6.45, 7) is 5.62. The first kappa shape index (κ1) is 17.6. The van der Waals surface area contributed by atoms with Crippen molar-refractivity contribution in [1.29, 1.82) is 0 Å². The van der Waals surface area contributed by atoms with Crippen LogP contribution in [0.1, 0.15) is 27.2 Å². The second-order valence-corrected chi connectivity index (χ2v) is 6.26. The SMILES string of the molecule is CCCSSC[C@H](NC(C)C(=O)O)C(=O)OCC. The zero-order valence-electron chi connectivity index (χ0n) is 11.0. The minimum atomic E-state index is -0.976. The highest BCUT2D eigenvalue weighted by molar-refractivity contribution is 8.76. The first-order valence-electron chi connectivity index (χ1n) is 5.92. The summed E-state index contributed by atoms with van der Waals surface area (Å²) in [7, 11) is 3.23. The zero-order valence-corrected chi connectivity index (χ0v) is 12.6. The number of nitrogens with one attached hydrogen (secondary N) is 1. The third kappa shape index (κ3) is 7.84. The van der Waals surface area contributed by atoms with Gasteiger partial charge in [-0.25, -0.2) is 0 Å². The normalized spacial score (nSPS) is 13.9. The summed E-state index contributed by atoms with van der Waals surface area (Å²) in [6, 6.07) is -1.35. The summed E-state index contributed by atoms with van der Waals surface area (Å²) >= 11 is 0. The van der Waals surface area contributed by atoms with Gasteiger partial charge in [0.1, 0.15) is 12.1 Å². The lowest BCUT2D eigenvalue weighted by Gasteiger charge is -2.19. The van der Waals surface area contributed by atoms with Crippen molar-refractivity contribution in [3.05, 3.63) is 0 Å². The largest absolute Gasteiger partial charge is 0.480 e. The lowest BCUT2D eigenvalue weighted by atomic mass is 10.2. The Morgan fingerprint density at radius 2 is 2.00 bits per heavy atom. The Morgan fingerprint density at radius 1 is 1.33 bits per heavy atom. The van der Waals surface area contributed by atoms with E-state index < -0.39 is 24.0 Å². The molecule has 0 spiro atoms. The molecule has 0 aromatic heterocycles. The second kappa shape index (κ2) is 10.5. The molecular formula is C11H21NO4S2. The number of rotatable bonds is 10. The Labute approximate surface area is 116 Å². The van der Waals surface area contributed by atoms with Gasteiger partial charge in [0.25, 0.3) is 0 Å². The maximum absolute atomic E-state index is 11.7. The van der Waals surface area contributed by atoms with Crippen molar-refractivity contribution in [3.8, 4) is 0 Å². The third-order valence-corrected chi connectivity index (χ3v) is 4.62. The molecule has 2 atom stereocenters. The van der Waals surface area contributed by atoms with Gasteiger partial charge in [-0.2, -0.15) is 0 Å². The first-order valence-corrected chi connectivity index (χ1v) is 8.41. The lowest BCUT2D eigenvalue weighted by molar-refractivity contribution is -0.146. The number of carbonyl (C=O) groups is 2. The second-order valence-electron chi connectivity index (χ2n) is 3.64. The van der Waals surface area contributed by atoms with Crippen molar-refractivity contribution in [1.82, 2.24) is 5.32 Å². The Kier molecular flexibility index (Phi) is 10.3. The van der Waals surface area contributed by atoms with E-state index in [9.17, 15) is 9.59 Å². The van der Waals surface area contributed by atoms with E-state index in [1.165, 1.54) is 6.92 Å². The number of aliphatic carboxylic acids is 1. The summed E-state index contributed by atoms with van der Waals surface area (Å²) in [5.74, 6) is 0.140. The van der Waals surface area contributed by atoms with Crippen LogP contribution in [0, 0.1) is 0 Å². The number of carbonyl (C=O) groups excluding carboxylic acids is 1. The van der Waals surface area contributed by atoms with Crippen LogP contribution in [0.4, 0.5) is 0 Å². The average Bonchev–Trinajstić information content (AvgIpc) is 2.32. The highest BCUT2D eigenvalue weighted by Crippen LogP contribution is 2.23. The third-order valence-electron chi connectivity index (χ3n) is 2.00. The monoisotopic (exact) mass is 295 g/mol. The van der Waals surface area contributed by atoms with Crippen LogP contribution in [-0.4, -0.2) is 47.2 Å². The van der Waals surface area contributed by atoms with Gasteiger partial charge in [-0.3, -0.25) is 14.9 Å². The van der Waals surface area contributed by atoms with Gasteiger partial charge in [0.2, 0.25) is 0 Å². The zero-order chi connectivity index (χ0) is 14.0. The van der Waals surface area contributed by atoms with Gasteiger partial charge >= 0.3 is 11.9 Å². The molecular weight excluding hydrogens is 274 g/mol. The van der Waals surface area contributed by atoms with Crippen LogP contribution in [0.3, 0.4) is 0 Å². The Bertz CT molecular complexity index is 263. The van der Waals surface area contributed by atoms with Gasteiger partial charge in [-0.05, 0) is 20.3 Å². The van der Waals surface area contributed by atoms with Crippen molar-refractivity contribution < 1.29 is 19.4 Å². The molecule has 0 saturated carbocycles. The molecule has 0 saturated heterocycles. The maximum Gasteiger partial charge on any atom is 0.324 e. The highest BCUT2D eigenvalue weighted by Gasteiger charge is 2.24. The molecule has 0 heterocycles. The summed E-state index contributed by atoms with van der Waals surface area (Å²) in [4.78, 5) is 22.4. The molecule has 0 aliphatic heterocycles.